The smallest absolute Gasteiger partial charge is 0.247 e. The van der Waals surface area contributed by atoms with Gasteiger partial charge < -0.3 is 14.4 Å². The second-order valence-electron chi connectivity index (χ2n) is 8.71. The molecule has 3 aromatic rings. The van der Waals surface area contributed by atoms with Crippen LogP contribution in [-0.2, 0) is 29.7 Å². The summed E-state index contributed by atoms with van der Waals surface area (Å²) in [6.07, 6.45) is 1.96. The molecule has 32 heavy (non-hydrogen) atoms. The predicted octanol–water partition coefficient (Wildman–Crippen LogP) is 2.75. The molecule has 1 atom stereocenters. The van der Waals surface area contributed by atoms with Crippen LogP contribution in [0, 0.1) is 0 Å². The minimum Gasteiger partial charge on any atom is -0.353 e. The first-order valence-electron chi connectivity index (χ1n) is 11.1. The van der Waals surface area contributed by atoms with Gasteiger partial charge in [0.1, 0.15) is 12.6 Å². The monoisotopic (exact) mass is 428 g/mol. The molecule has 2 fully saturated rings. The van der Waals surface area contributed by atoms with Crippen molar-refractivity contribution in [3.8, 4) is 11.1 Å². The molecule has 2 aliphatic heterocycles. The molecule has 0 spiro atoms. The van der Waals surface area contributed by atoms with Crippen molar-refractivity contribution in [3.05, 3.63) is 84.2 Å². The minimum atomic E-state index is -0.395. The molecule has 0 aliphatic carbocycles. The first-order valence-corrected chi connectivity index (χ1v) is 11.1. The fourth-order valence-electron chi connectivity index (χ4n) is 4.72. The highest BCUT2D eigenvalue weighted by atomic mass is 16.2. The Bertz CT molecular complexity index is 1110. The number of hydrogen-bond donors (Lipinski definition) is 0. The van der Waals surface area contributed by atoms with Crippen molar-refractivity contribution in [3.63, 3.8) is 0 Å². The summed E-state index contributed by atoms with van der Waals surface area (Å²) in [5.41, 5.74) is 4.65. The zero-order chi connectivity index (χ0) is 22.1. The quantitative estimate of drug-likeness (QED) is 0.628. The average molecular weight is 429 g/mol. The van der Waals surface area contributed by atoms with E-state index in [1.807, 2.05) is 48.1 Å². The van der Waals surface area contributed by atoms with Gasteiger partial charge >= 0.3 is 0 Å². The van der Waals surface area contributed by atoms with E-state index in [4.69, 9.17) is 0 Å². The van der Waals surface area contributed by atoms with Gasteiger partial charge in [-0.2, -0.15) is 0 Å². The number of hydrogen-bond acceptors (Lipinski definition) is 3. The lowest BCUT2D eigenvalue weighted by molar-refractivity contribution is -0.160. The van der Waals surface area contributed by atoms with E-state index in [0.717, 1.165) is 18.8 Å². The second kappa shape index (κ2) is 8.63. The zero-order valence-corrected chi connectivity index (χ0v) is 18.4. The third-order valence-corrected chi connectivity index (χ3v) is 6.58. The number of nitrogens with zero attached hydrogens (tertiary/aromatic N) is 4. The Kier molecular flexibility index (Phi) is 5.53. The van der Waals surface area contributed by atoms with Crippen molar-refractivity contribution in [2.45, 2.75) is 19.1 Å². The van der Waals surface area contributed by atoms with Gasteiger partial charge in [-0.05, 0) is 28.8 Å². The average Bonchev–Trinajstić information content (AvgIpc) is 3.22. The fourth-order valence-corrected chi connectivity index (χ4v) is 4.72. The van der Waals surface area contributed by atoms with E-state index < -0.39 is 6.04 Å². The topological polar surface area (TPSA) is 48.8 Å². The summed E-state index contributed by atoms with van der Waals surface area (Å²) < 4.78 is 2.00. The Morgan fingerprint density at radius 2 is 1.59 bits per heavy atom. The number of rotatable bonds is 5. The van der Waals surface area contributed by atoms with E-state index >= 15 is 0 Å². The summed E-state index contributed by atoms with van der Waals surface area (Å²) in [5.74, 6) is 0.102. The first-order chi connectivity index (χ1) is 15.6. The Morgan fingerprint density at radius 3 is 2.31 bits per heavy atom. The summed E-state index contributed by atoms with van der Waals surface area (Å²) in [7, 11) is 1.96. The molecular formula is C26H28N4O2. The first kappa shape index (κ1) is 20.5. The van der Waals surface area contributed by atoms with E-state index in [0.29, 0.717) is 19.6 Å². The largest absolute Gasteiger partial charge is 0.353 e. The molecule has 2 saturated heterocycles. The van der Waals surface area contributed by atoms with Gasteiger partial charge in [-0.1, -0.05) is 54.6 Å². The van der Waals surface area contributed by atoms with E-state index in [2.05, 4.69) is 41.3 Å². The van der Waals surface area contributed by atoms with Crippen molar-refractivity contribution < 1.29 is 9.59 Å². The fraction of sp³-hybridized carbons (Fsp3) is 0.308. The lowest BCUT2D eigenvalue weighted by atomic mass is 10.0. The number of fused-ring (bicyclic) bond motifs is 1. The maximum Gasteiger partial charge on any atom is 0.247 e. The Labute approximate surface area is 188 Å². The third kappa shape index (κ3) is 4.06. The van der Waals surface area contributed by atoms with Gasteiger partial charge in [-0.25, -0.2) is 0 Å². The molecule has 6 nitrogen and oxygen atoms in total. The number of amides is 2. The maximum atomic E-state index is 13.2. The van der Waals surface area contributed by atoms with Crippen LogP contribution in [0.2, 0.25) is 0 Å². The summed E-state index contributed by atoms with van der Waals surface area (Å²) >= 11 is 0. The molecule has 2 amide bonds. The van der Waals surface area contributed by atoms with Crippen LogP contribution >= 0.6 is 0 Å². The van der Waals surface area contributed by atoms with Crippen LogP contribution in [0.1, 0.15) is 11.3 Å². The van der Waals surface area contributed by atoms with Crippen LogP contribution in [0.3, 0.4) is 0 Å². The SMILES string of the molecule is Cn1cccc1CN1CC(=O)N2CCN(Cc3ccc(-c4ccccc4)cc3)CC2C1=O. The highest BCUT2D eigenvalue weighted by Gasteiger charge is 2.42. The van der Waals surface area contributed by atoms with Gasteiger partial charge in [0.2, 0.25) is 11.8 Å². The van der Waals surface area contributed by atoms with Crippen LogP contribution in [0.5, 0.6) is 0 Å². The van der Waals surface area contributed by atoms with Crippen LogP contribution in [0.4, 0.5) is 0 Å². The van der Waals surface area contributed by atoms with Gasteiger partial charge in [-0.3, -0.25) is 14.5 Å². The number of piperazine rings is 2. The molecule has 0 N–H and O–H groups in total. The summed E-state index contributed by atoms with van der Waals surface area (Å²) in [5, 5.41) is 0. The van der Waals surface area contributed by atoms with Crippen LogP contribution < -0.4 is 0 Å². The van der Waals surface area contributed by atoms with E-state index in [-0.39, 0.29) is 18.4 Å². The molecule has 164 valence electrons. The normalized spacial score (nSPS) is 19.3. The molecule has 0 saturated carbocycles. The van der Waals surface area contributed by atoms with E-state index in [9.17, 15) is 9.59 Å². The summed E-state index contributed by atoms with van der Waals surface area (Å²) in [6.45, 7) is 3.39. The maximum absolute atomic E-state index is 13.2. The standard InChI is InChI=1S/C26H28N4O2/c1-27-13-5-8-23(27)17-29-19-25(31)30-15-14-28(18-24(30)26(29)32)16-20-9-11-22(12-10-20)21-6-3-2-4-7-21/h2-13,24H,14-19H2,1H3. The molecule has 2 aliphatic rings. The highest BCUT2D eigenvalue weighted by molar-refractivity contribution is 5.95. The van der Waals surface area contributed by atoms with Crippen molar-refractivity contribution in [2.24, 2.45) is 7.05 Å². The molecule has 5 rings (SSSR count). The summed E-state index contributed by atoms with van der Waals surface area (Å²) in [6, 6.07) is 22.5. The van der Waals surface area contributed by atoms with Gasteiger partial charge in [0.15, 0.2) is 0 Å². The molecule has 1 aromatic heterocycles. The van der Waals surface area contributed by atoms with Crippen molar-refractivity contribution in [1.82, 2.24) is 19.3 Å². The molecule has 1 unspecified atom stereocenters. The van der Waals surface area contributed by atoms with Crippen molar-refractivity contribution >= 4 is 11.8 Å². The molecular weight excluding hydrogens is 400 g/mol. The van der Waals surface area contributed by atoms with E-state index in [1.54, 1.807) is 9.80 Å². The summed E-state index contributed by atoms with van der Waals surface area (Å²) in [4.78, 5) is 31.7. The molecule has 6 heteroatoms. The van der Waals surface area contributed by atoms with Crippen LogP contribution in [-0.4, -0.2) is 63.3 Å². The van der Waals surface area contributed by atoms with Crippen LogP contribution in [0.15, 0.2) is 72.9 Å². The molecule has 2 aromatic carbocycles. The van der Waals surface area contributed by atoms with Crippen molar-refractivity contribution in [1.29, 1.82) is 0 Å². The number of aromatic nitrogens is 1. The molecule has 3 heterocycles. The number of carbonyl (C=O) groups excluding carboxylic acids is 2. The van der Waals surface area contributed by atoms with Crippen LogP contribution in [0.25, 0.3) is 11.1 Å². The third-order valence-electron chi connectivity index (χ3n) is 6.58. The Morgan fingerprint density at radius 1 is 0.844 bits per heavy atom. The minimum absolute atomic E-state index is 0.0509. The zero-order valence-electron chi connectivity index (χ0n) is 18.4. The van der Waals surface area contributed by atoms with Gasteiger partial charge in [0, 0.05) is 45.1 Å². The molecule has 0 bridgehead atoms. The lowest BCUT2D eigenvalue weighted by Gasteiger charge is -2.46. The van der Waals surface area contributed by atoms with Gasteiger partial charge in [0.05, 0.1) is 6.54 Å². The number of benzene rings is 2. The predicted molar refractivity (Wildman–Crippen MR) is 123 cm³/mol. The number of aryl methyl sites for hydroxylation is 1. The lowest BCUT2D eigenvalue weighted by Crippen LogP contribution is -2.66. The second-order valence-corrected chi connectivity index (χ2v) is 8.71. The number of carbonyl (C=O) groups is 2. The highest BCUT2D eigenvalue weighted by Crippen LogP contribution is 2.23. The molecule has 0 radical (unpaired) electrons. The van der Waals surface area contributed by atoms with Gasteiger partial charge in [-0.15, -0.1) is 0 Å². The Balaban J connectivity index is 1.26. The van der Waals surface area contributed by atoms with E-state index in [1.165, 1.54) is 16.7 Å². The van der Waals surface area contributed by atoms with Crippen molar-refractivity contribution in [2.75, 3.05) is 26.2 Å². The Hall–Kier alpha value is -3.38. The van der Waals surface area contributed by atoms with Gasteiger partial charge in [0.25, 0.3) is 0 Å².